The highest BCUT2D eigenvalue weighted by Gasteiger charge is 2.28. The first-order valence-corrected chi connectivity index (χ1v) is 8.83. The summed E-state index contributed by atoms with van der Waals surface area (Å²) in [6, 6.07) is 9.60. The average molecular weight is 342 g/mol. The maximum Gasteiger partial charge on any atom is 0.232 e. The highest BCUT2D eigenvalue weighted by molar-refractivity contribution is 5.92. The summed E-state index contributed by atoms with van der Waals surface area (Å²) >= 11 is 0. The highest BCUT2D eigenvalue weighted by atomic mass is 16.5. The number of nitrogens with zero attached hydrogens (tertiary/aromatic N) is 3. The van der Waals surface area contributed by atoms with Crippen LogP contribution >= 0.6 is 0 Å². The van der Waals surface area contributed by atoms with Crippen LogP contribution in [-0.4, -0.2) is 34.0 Å². The van der Waals surface area contributed by atoms with Gasteiger partial charge in [-0.05, 0) is 31.5 Å². The van der Waals surface area contributed by atoms with Crippen LogP contribution in [0.4, 0.5) is 5.69 Å². The molecule has 0 bridgehead atoms. The van der Waals surface area contributed by atoms with Crippen molar-refractivity contribution in [2.45, 2.75) is 45.6 Å². The van der Waals surface area contributed by atoms with Crippen molar-refractivity contribution in [3.63, 3.8) is 0 Å². The molecule has 1 aromatic carbocycles. The molecule has 1 aliphatic rings. The minimum atomic E-state index is -0.148. The van der Waals surface area contributed by atoms with Gasteiger partial charge in [0.15, 0.2) is 5.82 Å². The molecule has 2 heterocycles. The number of hydrogen-bond acceptors (Lipinski definition) is 5. The van der Waals surface area contributed by atoms with E-state index in [9.17, 15) is 4.79 Å². The smallest absolute Gasteiger partial charge is 0.232 e. The van der Waals surface area contributed by atoms with Crippen molar-refractivity contribution < 1.29 is 9.32 Å². The molecule has 1 saturated heterocycles. The normalized spacial score (nSPS) is 18.9. The van der Waals surface area contributed by atoms with E-state index in [4.69, 9.17) is 4.52 Å². The first kappa shape index (κ1) is 17.6. The molecule has 6 nitrogen and oxygen atoms in total. The first-order valence-electron chi connectivity index (χ1n) is 8.83. The van der Waals surface area contributed by atoms with Crippen molar-refractivity contribution >= 4 is 11.6 Å². The number of rotatable bonds is 4. The fraction of sp³-hybridized carbons (Fsp3) is 0.526. The summed E-state index contributed by atoms with van der Waals surface area (Å²) in [5, 5.41) is 7.09. The zero-order chi connectivity index (χ0) is 17.9. The Labute approximate surface area is 148 Å². The van der Waals surface area contributed by atoms with E-state index in [-0.39, 0.29) is 17.2 Å². The average Bonchev–Trinajstić information content (AvgIpc) is 3.05. The van der Waals surface area contributed by atoms with Gasteiger partial charge < -0.3 is 9.84 Å². The summed E-state index contributed by atoms with van der Waals surface area (Å²) < 4.78 is 5.36. The van der Waals surface area contributed by atoms with Gasteiger partial charge in [-0.15, -0.1) is 0 Å². The van der Waals surface area contributed by atoms with Crippen LogP contribution in [0.1, 0.15) is 45.3 Å². The van der Waals surface area contributed by atoms with Crippen LogP contribution in [0.2, 0.25) is 0 Å². The Morgan fingerprint density at radius 3 is 2.76 bits per heavy atom. The maximum absolute atomic E-state index is 12.5. The van der Waals surface area contributed by atoms with E-state index in [2.05, 4.69) is 41.1 Å². The van der Waals surface area contributed by atoms with Crippen LogP contribution in [0, 0.1) is 5.92 Å². The van der Waals surface area contributed by atoms with Gasteiger partial charge in [0.2, 0.25) is 11.8 Å². The van der Waals surface area contributed by atoms with Crippen LogP contribution in [0.3, 0.4) is 0 Å². The predicted molar refractivity (Wildman–Crippen MR) is 96.1 cm³/mol. The van der Waals surface area contributed by atoms with Crippen LogP contribution in [0.15, 0.2) is 34.9 Å². The SMILES string of the molecule is CC(C)(C)c1nc(CN2CCC[C@@H](C(=O)Nc3ccccc3)C2)no1. The number of hydrogen-bond donors (Lipinski definition) is 1. The van der Waals surface area contributed by atoms with Gasteiger partial charge in [0.1, 0.15) is 0 Å². The molecule has 134 valence electrons. The number of benzene rings is 1. The molecule has 0 spiro atoms. The lowest BCUT2D eigenvalue weighted by atomic mass is 9.96. The van der Waals surface area contributed by atoms with Crippen LogP contribution in [-0.2, 0) is 16.8 Å². The largest absolute Gasteiger partial charge is 0.339 e. The predicted octanol–water partition coefficient (Wildman–Crippen LogP) is 3.22. The molecule has 0 aliphatic carbocycles. The number of carbonyl (C=O) groups excluding carboxylic acids is 1. The summed E-state index contributed by atoms with van der Waals surface area (Å²) in [5.41, 5.74) is 0.697. The van der Waals surface area contributed by atoms with Gasteiger partial charge in [0.25, 0.3) is 0 Å². The third kappa shape index (κ3) is 4.66. The summed E-state index contributed by atoms with van der Waals surface area (Å²) in [4.78, 5) is 19.2. The van der Waals surface area contributed by atoms with Gasteiger partial charge in [-0.3, -0.25) is 9.69 Å². The second kappa shape index (κ2) is 7.35. The van der Waals surface area contributed by atoms with Crippen LogP contribution < -0.4 is 5.32 Å². The molecule has 3 rings (SSSR count). The van der Waals surface area contributed by atoms with Crippen molar-refractivity contribution in [2.75, 3.05) is 18.4 Å². The molecule has 2 aromatic rings. The Kier molecular flexibility index (Phi) is 5.18. The third-order valence-electron chi connectivity index (χ3n) is 4.39. The molecular weight excluding hydrogens is 316 g/mol. The fourth-order valence-electron chi connectivity index (χ4n) is 3.00. The number of aromatic nitrogens is 2. The summed E-state index contributed by atoms with van der Waals surface area (Å²) in [5.74, 6) is 1.41. The van der Waals surface area contributed by atoms with Crippen molar-refractivity contribution in [2.24, 2.45) is 5.92 Å². The van der Waals surface area contributed by atoms with Crippen molar-refractivity contribution in [1.82, 2.24) is 15.0 Å². The molecule has 0 saturated carbocycles. The highest BCUT2D eigenvalue weighted by Crippen LogP contribution is 2.22. The van der Waals surface area contributed by atoms with Gasteiger partial charge in [0.05, 0.1) is 12.5 Å². The standard InChI is InChI=1S/C19H26N4O2/c1-19(2,3)18-21-16(22-25-18)13-23-11-7-8-14(12-23)17(24)20-15-9-5-4-6-10-15/h4-6,9-10,14H,7-8,11-13H2,1-3H3,(H,20,24)/t14-/m1/s1. The van der Waals surface area contributed by atoms with E-state index >= 15 is 0 Å². The summed E-state index contributed by atoms with van der Waals surface area (Å²) in [7, 11) is 0. The van der Waals surface area contributed by atoms with E-state index in [0.29, 0.717) is 18.3 Å². The van der Waals surface area contributed by atoms with Gasteiger partial charge in [0, 0.05) is 17.6 Å². The Morgan fingerprint density at radius 2 is 2.08 bits per heavy atom. The monoisotopic (exact) mass is 342 g/mol. The molecule has 0 unspecified atom stereocenters. The minimum absolute atomic E-state index is 0.0112. The zero-order valence-electron chi connectivity index (χ0n) is 15.2. The number of nitrogens with one attached hydrogen (secondary N) is 1. The number of piperidine rings is 1. The topological polar surface area (TPSA) is 71.3 Å². The number of anilines is 1. The molecule has 6 heteroatoms. The molecular formula is C19H26N4O2. The molecule has 1 aromatic heterocycles. The zero-order valence-corrected chi connectivity index (χ0v) is 15.2. The molecule has 1 aliphatic heterocycles. The van der Waals surface area contributed by atoms with E-state index < -0.39 is 0 Å². The lowest BCUT2D eigenvalue weighted by Gasteiger charge is -2.31. The van der Waals surface area contributed by atoms with Crippen molar-refractivity contribution in [1.29, 1.82) is 0 Å². The fourth-order valence-corrected chi connectivity index (χ4v) is 3.00. The Morgan fingerprint density at radius 1 is 1.32 bits per heavy atom. The second-order valence-electron chi connectivity index (χ2n) is 7.70. The second-order valence-corrected chi connectivity index (χ2v) is 7.70. The van der Waals surface area contributed by atoms with Gasteiger partial charge in [-0.1, -0.05) is 44.1 Å². The molecule has 1 atom stereocenters. The van der Waals surface area contributed by atoms with Crippen LogP contribution in [0.5, 0.6) is 0 Å². The van der Waals surface area contributed by atoms with E-state index in [1.807, 2.05) is 30.3 Å². The van der Waals surface area contributed by atoms with Gasteiger partial charge >= 0.3 is 0 Å². The van der Waals surface area contributed by atoms with Crippen LogP contribution in [0.25, 0.3) is 0 Å². The van der Waals surface area contributed by atoms with Crippen molar-refractivity contribution in [3.05, 3.63) is 42.0 Å². The molecule has 1 fully saturated rings. The van der Waals surface area contributed by atoms with E-state index in [1.54, 1.807) is 0 Å². The molecule has 1 N–H and O–H groups in total. The lowest BCUT2D eigenvalue weighted by Crippen LogP contribution is -2.40. The molecule has 25 heavy (non-hydrogen) atoms. The lowest BCUT2D eigenvalue weighted by molar-refractivity contribution is -0.121. The van der Waals surface area contributed by atoms with Gasteiger partial charge in [-0.25, -0.2) is 0 Å². The first-order chi connectivity index (χ1) is 11.9. The Hall–Kier alpha value is -2.21. The van der Waals surface area contributed by atoms with Crippen molar-refractivity contribution in [3.8, 4) is 0 Å². The summed E-state index contributed by atoms with van der Waals surface area (Å²) in [6.07, 6.45) is 1.91. The number of likely N-dealkylation sites (tertiary alicyclic amines) is 1. The van der Waals surface area contributed by atoms with Gasteiger partial charge in [-0.2, -0.15) is 4.98 Å². The van der Waals surface area contributed by atoms with E-state index in [0.717, 1.165) is 31.6 Å². The number of amides is 1. The van der Waals surface area contributed by atoms with E-state index in [1.165, 1.54) is 0 Å². The third-order valence-corrected chi connectivity index (χ3v) is 4.39. The Bertz CT molecular complexity index is 706. The molecule has 0 radical (unpaired) electrons. The minimum Gasteiger partial charge on any atom is -0.339 e. The number of para-hydroxylation sites is 1. The quantitative estimate of drug-likeness (QED) is 0.924. The maximum atomic E-state index is 12.5. The Balaban J connectivity index is 1.57. The number of carbonyl (C=O) groups is 1. The summed E-state index contributed by atoms with van der Waals surface area (Å²) in [6.45, 7) is 8.45. The molecule has 1 amide bonds.